The Hall–Kier alpha value is -5.06. The van der Waals surface area contributed by atoms with Gasteiger partial charge in [0.05, 0.1) is 49.4 Å². The van der Waals surface area contributed by atoms with Gasteiger partial charge >= 0.3 is 6.09 Å². The molecule has 0 atom stereocenters. The number of benzene rings is 2. The molecule has 0 spiro atoms. The predicted molar refractivity (Wildman–Crippen MR) is 163 cm³/mol. The lowest BCUT2D eigenvalue weighted by molar-refractivity contribution is 0.101. The summed E-state index contributed by atoms with van der Waals surface area (Å²) in [5, 5.41) is 3.88. The van der Waals surface area contributed by atoms with Gasteiger partial charge in [-0.15, -0.1) is 0 Å². The zero-order valence-corrected chi connectivity index (χ0v) is 24.9. The van der Waals surface area contributed by atoms with Gasteiger partial charge in [-0.1, -0.05) is 12.1 Å². The van der Waals surface area contributed by atoms with E-state index in [1.54, 1.807) is 25.3 Å². The van der Waals surface area contributed by atoms with E-state index in [1.165, 1.54) is 7.11 Å². The standard InChI is InChI=1S/C32H34N6O5/c1-19-29-28(35-30(38(29)16-13-33-19)20-11-14-37(15-12-20)32(40)43-5)21-9-10-23(27(17-21)42-4)34-31(39)25-18-22-24(36(25)2)7-6-8-26(22)41-3/h6-10,13,16-18,20H,11-12,14-15H2,1-5H3,(H,34,39). The summed E-state index contributed by atoms with van der Waals surface area (Å²) in [5.74, 6) is 2.06. The van der Waals surface area contributed by atoms with Gasteiger partial charge in [0, 0.05) is 49.4 Å². The maximum atomic E-state index is 13.4. The summed E-state index contributed by atoms with van der Waals surface area (Å²) < 4.78 is 20.1. The molecule has 0 unspecified atom stereocenters. The summed E-state index contributed by atoms with van der Waals surface area (Å²) in [6.07, 6.45) is 4.98. The zero-order valence-electron chi connectivity index (χ0n) is 24.9. The van der Waals surface area contributed by atoms with Crippen molar-refractivity contribution in [1.82, 2.24) is 23.8 Å². The van der Waals surface area contributed by atoms with Crippen LogP contribution in [-0.4, -0.2) is 70.3 Å². The number of hydrogen-bond acceptors (Lipinski definition) is 7. The summed E-state index contributed by atoms with van der Waals surface area (Å²) in [7, 11) is 6.46. The van der Waals surface area contributed by atoms with Crippen LogP contribution in [0.3, 0.4) is 0 Å². The number of ether oxygens (including phenoxy) is 3. The van der Waals surface area contributed by atoms with Crippen LogP contribution in [0, 0.1) is 6.92 Å². The summed E-state index contributed by atoms with van der Waals surface area (Å²) in [6, 6.07) is 13.2. The third kappa shape index (κ3) is 4.90. The van der Waals surface area contributed by atoms with Crippen LogP contribution in [0.2, 0.25) is 0 Å². The zero-order chi connectivity index (χ0) is 30.2. The Morgan fingerprint density at radius 3 is 2.49 bits per heavy atom. The number of carbonyl (C=O) groups is 2. The van der Waals surface area contributed by atoms with Crippen molar-refractivity contribution < 1.29 is 23.8 Å². The number of nitrogens with zero attached hydrogens (tertiary/aromatic N) is 5. The van der Waals surface area contributed by atoms with Gasteiger partial charge in [-0.2, -0.15) is 0 Å². The number of methoxy groups -OCH3 is 3. The van der Waals surface area contributed by atoms with Crippen molar-refractivity contribution in [3.63, 3.8) is 0 Å². The van der Waals surface area contributed by atoms with Crippen LogP contribution in [-0.2, 0) is 11.8 Å². The van der Waals surface area contributed by atoms with E-state index in [-0.39, 0.29) is 17.9 Å². The summed E-state index contributed by atoms with van der Waals surface area (Å²) >= 11 is 0. The number of piperidine rings is 1. The molecule has 1 fully saturated rings. The first-order valence-corrected chi connectivity index (χ1v) is 14.1. The summed E-state index contributed by atoms with van der Waals surface area (Å²) in [4.78, 5) is 36.8. The SMILES string of the molecule is COC(=O)N1CCC(c2nc(-c3ccc(NC(=O)c4cc5c(OC)cccc5n4C)c(OC)c3)c3c(C)nccn23)CC1. The number of hydrogen-bond donors (Lipinski definition) is 1. The van der Waals surface area contributed by atoms with Gasteiger partial charge < -0.3 is 29.0 Å². The summed E-state index contributed by atoms with van der Waals surface area (Å²) in [5.41, 5.74) is 5.33. The van der Waals surface area contributed by atoms with Crippen LogP contribution >= 0.6 is 0 Å². The van der Waals surface area contributed by atoms with E-state index >= 15 is 0 Å². The highest BCUT2D eigenvalue weighted by Crippen LogP contribution is 2.37. The Bertz CT molecular complexity index is 1850. The lowest BCUT2D eigenvalue weighted by Crippen LogP contribution is -2.38. The molecule has 0 aliphatic carbocycles. The highest BCUT2D eigenvalue weighted by atomic mass is 16.5. The average molecular weight is 583 g/mol. The minimum absolute atomic E-state index is 0.170. The fourth-order valence-corrected chi connectivity index (χ4v) is 6.02. The third-order valence-electron chi connectivity index (χ3n) is 8.28. The van der Waals surface area contributed by atoms with E-state index in [0.29, 0.717) is 36.0 Å². The first-order valence-electron chi connectivity index (χ1n) is 14.1. The van der Waals surface area contributed by atoms with E-state index < -0.39 is 0 Å². The maximum absolute atomic E-state index is 13.4. The topological polar surface area (TPSA) is 112 Å². The Kier molecular flexibility index (Phi) is 7.39. The number of imidazole rings is 1. The van der Waals surface area contributed by atoms with Crippen molar-refractivity contribution in [3.8, 4) is 22.8 Å². The molecule has 11 heteroatoms. The van der Waals surface area contributed by atoms with Gasteiger partial charge in [-0.3, -0.25) is 14.2 Å². The lowest BCUT2D eigenvalue weighted by Gasteiger charge is -2.30. The number of amides is 2. The monoisotopic (exact) mass is 582 g/mol. The van der Waals surface area contributed by atoms with Gasteiger partial charge in [-0.05, 0) is 50.1 Å². The smallest absolute Gasteiger partial charge is 0.409 e. The number of aryl methyl sites for hydroxylation is 2. The van der Waals surface area contributed by atoms with Crippen molar-refractivity contribution in [2.24, 2.45) is 7.05 Å². The first-order chi connectivity index (χ1) is 20.8. The molecule has 5 aromatic rings. The molecule has 1 aliphatic heterocycles. The van der Waals surface area contributed by atoms with Crippen molar-refractivity contribution in [2.45, 2.75) is 25.7 Å². The van der Waals surface area contributed by atoms with Crippen LogP contribution in [0.15, 0.2) is 54.9 Å². The van der Waals surface area contributed by atoms with Crippen LogP contribution in [0.4, 0.5) is 10.5 Å². The van der Waals surface area contributed by atoms with E-state index in [0.717, 1.165) is 52.0 Å². The maximum Gasteiger partial charge on any atom is 0.409 e. The molecule has 1 saturated heterocycles. The number of carbonyl (C=O) groups excluding carboxylic acids is 2. The Morgan fingerprint density at radius 2 is 1.77 bits per heavy atom. The van der Waals surface area contributed by atoms with Gasteiger partial charge in [-0.25, -0.2) is 9.78 Å². The molecule has 3 aromatic heterocycles. The fraction of sp³-hybridized carbons (Fsp3) is 0.312. The molecule has 0 radical (unpaired) electrons. The molecule has 2 aromatic carbocycles. The second-order valence-electron chi connectivity index (χ2n) is 10.6. The van der Waals surface area contributed by atoms with E-state index in [1.807, 2.05) is 67.2 Å². The molecular weight excluding hydrogens is 548 g/mol. The number of nitrogens with one attached hydrogen (secondary N) is 1. The quantitative estimate of drug-likeness (QED) is 0.285. The highest BCUT2D eigenvalue weighted by molar-refractivity contribution is 6.08. The number of likely N-dealkylation sites (tertiary alicyclic amines) is 1. The average Bonchev–Trinajstić information content (AvgIpc) is 3.60. The molecule has 11 nitrogen and oxygen atoms in total. The van der Waals surface area contributed by atoms with Crippen molar-refractivity contribution in [2.75, 3.05) is 39.7 Å². The normalized spacial score (nSPS) is 13.8. The largest absolute Gasteiger partial charge is 0.496 e. The van der Waals surface area contributed by atoms with Crippen LogP contribution < -0.4 is 14.8 Å². The van der Waals surface area contributed by atoms with Crippen LogP contribution in [0.1, 0.15) is 40.8 Å². The lowest BCUT2D eigenvalue weighted by atomic mass is 9.96. The second kappa shape index (κ2) is 11.3. The number of fused-ring (bicyclic) bond motifs is 2. The van der Waals surface area contributed by atoms with Gasteiger partial charge in [0.1, 0.15) is 23.0 Å². The van der Waals surface area contributed by atoms with E-state index in [2.05, 4.69) is 14.7 Å². The highest BCUT2D eigenvalue weighted by Gasteiger charge is 2.29. The Labute approximate surface area is 249 Å². The number of anilines is 1. The molecule has 43 heavy (non-hydrogen) atoms. The molecule has 4 heterocycles. The van der Waals surface area contributed by atoms with E-state index in [9.17, 15) is 9.59 Å². The minimum Gasteiger partial charge on any atom is -0.496 e. The second-order valence-corrected chi connectivity index (χ2v) is 10.6. The van der Waals surface area contributed by atoms with Gasteiger partial charge in [0.2, 0.25) is 0 Å². The first kappa shape index (κ1) is 28.1. The molecule has 2 amide bonds. The van der Waals surface area contributed by atoms with Gasteiger partial charge in [0.25, 0.3) is 5.91 Å². The Balaban J connectivity index is 1.32. The molecular formula is C32H34N6O5. The molecule has 0 bridgehead atoms. The van der Waals surface area contributed by atoms with Crippen molar-refractivity contribution in [1.29, 1.82) is 0 Å². The molecule has 1 aliphatic rings. The molecule has 6 rings (SSSR count). The minimum atomic E-state index is -0.299. The van der Waals surface area contributed by atoms with Crippen molar-refractivity contribution in [3.05, 3.63) is 72.1 Å². The van der Waals surface area contributed by atoms with E-state index in [4.69, 9.17) is 19.2 Å². The molecule has 1 N–H and O–H groups in total. The fourth-order valence-electron chi connectivity index (χ4n) is 6.02. The van der Waals surface area contributed by atoms with Crippen LogP contribution in [0.25, 0.3) is 27.7 Å². The third-order valence-corrected chi connectivity index (χ3v) is 8.28. The van der Waals surface area contributed by atoms with Crippen LogP contribution in [0.5, 0.6) is 11.5 Å². The van der Waals surface area contributed by atoms with Gasteiger partial charge in [0.15, 0.2) is 0 Å². The number of aromatic nitrogens is 4. The summed E-state index contributed by atoms with van der Waals surface area (Å²) in [6.45, 7) is 3.18. The van der Waals surface area contributed by atoms with Crippen molar-refractivity contribution >= 4 is 34.1 Å². The molecule has 222 valence electrons. The molecule has 0 saturated carbocycles. The number of rotatable bonds is 6. The predicted octanol–water partition coefficient (Wildman–Crippen LogP) is 5.41. The Morgan fingerprint density at radius 1 is 1.00 bits per heavy atom.